The lowest BCUT2D eigenvalue weighted by atomic mass is 10.1. The van der Waals surface area contributed by atoms with Gasteiger partial charge < -0.3 is 4.52 Å². The summed E-state index contributed by atoms with van der Waals surface area (Å²) in [5.41, 5.74) is 8.07. The Morgan fingerprint density at radius 1 is 1.64 bits per heavy atom. The van der Waals surface area contributed by atoms with E-state index < -0.39 is 0 Å². The molecular formula is C6H12N3OP. The summed E-state index contributed by atoms with van der Waals surface area (Å²) in [5, 5.41) is 3.54. The molecule has 1 aliphatic carbocycles. The predicted octanol–water partition coefficient (Wildman–Crippen LogP) is 2.27. The van der Waals surface area contributed by atoms with Gasteiger partial charge in [-0.3, -0.25) is 0 Å². The molecule has 0 spiro atoms. The van der Waals surface area contributed by atoms with E-state index in [1.165, 1.54) is 0 Å². The molecule has 0 heterocycles. The van der Waals surface area contributed by atoms with Crippen LogP contribution in [0.1, 0.15) is 19.3 Å². The van der Waals surface area contributed by atoms with Gasteiger partial charge in [0.05, 0.1) is 6.10 Å². The zero-order valence-electron chi connectivity index (χ0n) is 6.31. The predicted molar refractivity (Wildman–Crippen MR) is 45.9 cm³/mol. The Morgan fingerprint density at radius 2 is 2.45 bits per heavy atom. The van der Waals surface area contributed by atoms with E-state index in [4.69, 9.17) is 10.1 Å². The molecule has 62 valence electrons. The van der Waals surface area contributed by atoms with Crippen LogP contribution in [0.4, 0.5) is 0 Å². The average molecular weight is 173 g/mol. The summed E-state index contributed by atoms with van der Waals surface area (Å²) in [4.78, 5) is 2.73. The molecule has 0 radical (unpaired) electrons. The fraction of sp³-hybridized carbons (Fsp3) is 1.00. The summed E-state index contributed by atoms with van der Waals surface area (Å²) in [7, 11) is 2.28. The second-order valence-electron chi connectivity index (χ2n) is 2.85. The van der Waals surface area contributed by atoms with E-state index in [0.717, 1.165) is 19.3 Å². The first-order valence-corrected chi connectivity index (χ1v) is 4.20. The summed E-state index contributed by atoms with van der Waals surface area (Å²) in [5.74, 6) is 0.538. The van der Waals surface area contributed by atoms with Gasteiger partial charge >= 0.3 is 0 Å². The second kappa shape index (κ2) is 4.55. The molecular weight excluding hydrogens is 161 g/mol. The minimum atomic E-state index is 0.360. The van der Waals surface area contributed by atoms with E-state index >= 15 is 0 Å². The number of hydrogen-bond donors (Lipinski definition) is 0. The lowest BCUT2D eigenvalue weighted by Crippen LogP contribution is -2.03. The molecule has 5 heteroatoms. The van der Waals surface area contributed by atoms with Gasteiger partial charge in [-0.05, 0) is 30.7 Å². The minimum absolute atomic E-state index is 0.360. The van der Waals surface area contributed by atoms with E-state index in [0.29, 0.717) is 18.6 Å². The van der Waals surface area contributed by atoms with Crippen molar-refractivity contribution in [3.05, 3.63) is 10.4 Å². The SMILES string of the molecule is [N-]=[N+]=NC[C@H]1CCC(OP)C1. The van der Waals surface area contributed by atoms with E-state index in [9.17, 15) is 0 Å². The van der Waals surface area contributed by atoms with E-state index in [1.807, 2.05) is 0 Å². The highest BCUT2D eigenvalue weighted by Gasteiger charge is 2.23. The Balaban J connectivity index is 2.24. The maximum absolute atomic E-state index is 8.07. The number of rotatable bonds is 3. The molecule has 3 atom stereocenters. The third kappa shape index (κ3) is 2.66. The van der Waals surface area contributed by atoms with Crippen LogP contribution in [0.2, 0.25) is 0 Å². The number of hydrogen-bond acceptors (Lipinski definition) is 2. The molecule has 0 N–H and O–H groups in total. The Hall–Kier alpha value is -0.300. The van der Waals surface area contributed by atoms with Gasteiger partial charge in [0, 0.05) is 20.9 Å². The third-order valence-corrected chi connectivity index (χ3v) is 2.47. The quantitative estimate of drug-likeness (QED) is 0.279. The van der Waals surface area contributed by atoms with Crippen molar-refractivity contribution in [3.8, 4) is 0 Å². The lowest BCUT2D eigenvalue weighted by molar-refractivity contribution is 0.242. The van der Waals surface area contributed by atoms with Crippen LogP contribution < -0.4 is 0 Å². The average Bonchev–Trinajstić information content (AvgIpc) is 2.48. The Morgan fingerprint density at radius 3 is 3.00 bits per heavy atom. The molecule has 0 amide bonds. The molecule has 1 saturated carbocycles. The van der Waals surface area contributed by atoms with Crippen molar-refractivity contribution >= 4 is 9.47 Å². The highest BCUT2D eigenvalue weighted by Crippen LogP contribution is 2.29. The van der Waals surface area contributed by atoms with Crippen LogP contribution in [0.15, 0.2) is 5.11 Å². The van der Waals surface area contributed by atoms with Crippen molar-refractivity contribution in [2.24, 2.45) is 11.0 Å². The fourth-order valence-corrected chi connectivity index (χ4v) is 1.72. The van der Waals surface area contributed by atoms with Crippen molar-refractivity contribution in [2.45, 2.75) is 25.4 Å². The van der Waals surface area contributed by atoms with Crippen LogP contribution in [-0.2, 0) is 4.52 Å². The van der Waals surface area contributed by atoms with E-state index in [-0.39, 0.29) is 0 Å². The largest absolute Gasteiger partial charge is 0.362 e. The van der Waals surface area contributed by atoms with Crippen molar-refractivity contribution in [2.75, 3.05) is 6.54 Å². The summed E-state index contributed by atoms with van der Waals surface area (Å²) in [6.45, 7) is 0.626. The van der Waals surface area contributed by atoms with Gasteiger partial charge in [-0.25, -0.2) is 0 Å². The first-order valence-electron chi connectivity index (χ1n) is 3.73. The maximum atomic E-state index is 8.07. The highest BCUT2D eigenvalue weighted by molar-refractivity contribution is 7.09. The minimum Gasteiger partial charge on any atom is -0.362 e. The van der Waals surface area contributed by atoms with Gasteiger partial charge in [-0.1, -0.05) is 5.11 Å². The maximum Gasteiger partial charge on any atom is 0.0613 e. The highest BCUT2D eigenvalue weighted by atomic mass is 31.0. The van der Waals surface area contributed by atoms with Crippen molar-refractivity contribution in [1.82, 2.24) is 0 Å². The molecule has 1 rings (SSSR count). The van der Waals surface area contributed by atoms with E-state index in [1.54, 1.807) is 0 Å². The lowest BCUT2D eigenvalue weighted by Gasteiger charge is -2.05. The first kappa shape index (κ1) is 8.79. The zero-order chi connectivity index (χ0) is 8.10. The van der Waals surface area contributed by atoms with Gasteiger partial charge in [-0.2, -0.15) is 0 Å². The molecule has 11 heavy (non-hydrogen) atoms. The fourth-order valence-electron chi connectivity index (χ4n) is 1.47. The van der Waals surface area contributed by atoms with Gasteiger partial charge in [0.15, 0.2) is 0 Å². The molecule has 1 aliphatic rings. The van der Waals surface area contributed by atoms with Gasteiger partial charge in [-0.15, -0.1) is 0 Å². The number of nitrogens with zero attached hydrogens (tertiary/aromatic N) is 3. The Labute approximate surface area is 68.2 Å². The molecule has 0 saturated heterocycles. The van der Waals surface area contributed by atoms with Crippen LogP contribution >= 0.6 is 9.47 Å². The summed E-state index contributed by atoms with van der Waals surface area (Å²) in [6, 6.07) is 0. The van der Waals surface area contributed by atoms with Crippen LogP contribution in [-0.4, -0.2) is 12.6 Å². The zero-order valence-corrected chi connectivity index (χ0v) is 7.47. The molecule has 2 unspecified atom stereocenters. The molecule has 0 bridgehead atoms. The van der Waals surface area contributed by atoms with Gasteiger partial charge in [0.25, 0.3) is 0 Å². The summed E-state index contributed by atoms with van der Waals surface area (Å²) < 4.78 is 5.10. The Bertz CT molecular complexity index is 169. The Kier molecular flexibility index (Phi) is 3.64. The molecule has 4 nitrogen and oxygen atoms in total. The normalized spacial score (nSPS) is 29.9. The van der Waals surface area contributed by atoms with Crippen molar-refractivity contribution < 1.29 is 4.52 Å². The molecule has 0 aromatic rings. The second-order valence-corrected chi connectivity index (χ2v) is 3.12. The summed E-state index contributed by atoms with van der Waals surface area (Å²) >= 11 is 0. The van der Waals surface area contributed by atoms with E-state index in [2.05, 4.69) is 19.5 Å². The molecule has 1 fully saturated rings. The number of azide groups is 1. The van der Waals surface area contributed by atoms with Gasteiger partial charge in [0.2, 0.25) is 0 Å². The smallest absolute Gasteiger partial charge is 0.0613 e. The van der Waals surface area contributed by atoms with Crippen LogP contribution in [0.5, 0.6) is 0 Å². The standard InChI is InChI=1S/C6H12N3OP/c7-9-8-4-5-1-2-6(3-5)10-11/h5-6H,1-4,11H2/t5-,6?/m0/s1. The molecule has 0 aromatic heterocycles. The third-order valence-electron chi connectivity index (χ3n) is 2.09. The topological polar surface area (TPSA) is 58.0 Å². The van der Waals surface area contributed by atoms with Crippen molar-refractivity contribution in [1.29, 1.82) is 0 Å². The molecule has 0 aliphatic heterocycles. The summed E-state index contributed by atoms with van der Waals surface area (Å²) in [6.07, 6.45) is 3.61. The van der Waals surface area contributed by atoms with Crippen LogP contribution in [0.3, 0.4) is 0 Å². The van der Waals surface area contributed by atoms with Crippen LogP contribution in [0, 0.1) is 5.92 Å². The van der Waals surface area contributed by atoms with Crippen molar-refractivity contribution in [3.63, 3.8) is 0 Å². The first-order chi connectivity index (χ1) is 5.36. The van der Waals surface area contributed by atoms with Crippen LogP contribution in [0.25, 0.3) is 10.4 Å². The molecule has 0 aromatic carbocycles. The monoisotopic (exact) mass is 173 g/mol. The van der Waals surface area contributed by atoms with Gasteiger partial charge in [0.1, 0.15) is 0 Å².